The van der Waals surface area contributed by atoms with Crippen LogP contribution in [0.15, 0.2) is 79.1 Å². The third-order valence-electron chi connectivity index (χ3n) is 6.32. The highest BCUT2D eigenvalue weighted by molar-refractivity contribution is 6.53. The van der Waals surface area contributed by atoms with Gasteiger partial charge in [0.15, 0.2) is 23.9 Å². The van der Waals surface area contributed by atoms with Crippen LogP contribution in [0.2, 0.25) is 0 Å². The molecular weight excluding hydrogens is 472 g/mol. The molecule has 0 N–H and O–H groups in total. The number of carbonyl (C=O) groups excluding carboxylic acids is 2. The van der Waals surface area contributed by atoms with Gasteiger partial charge in [-0.1, -0.05) is 38.1 Å². The predicted octanol–water partition coefficient (Wildman–Crippen LogP) is 3.03. The van der Waals surface area contributed by atoms with Crippen LogP contribution in [0.5, 0.6) is 17.4 Å². The summed E-state index contributed by atoms with van der Waals surface area (Å²) in [7, 11) is 0. The number of imide groups is 1. The lowest BCUT2D eigenvalue weighted by Gasteiger charge is -2.16. The Labute approximate surface area is 212 Å². The summed E-state index contributed by atoms with van der Waals surface area (Å²) < 4.78 is 13.7. The molecule has 0 saturated heterocycles. The van der Waals surface area contributed by atoms with Gasteiger partial charge in [-0.2, -0.15) is 9.67 Å². The molecule has 9 nitrogen and oxygen atoms in total. The van der Waals surface area contributed by atoms with Crippen molar-refractivity contribution in [2.75, 3.05) is 11.7 Å². The van der Waals surface area contributed by atoms with E-state index in [9.17, 15) is 14.7 Å². The SMILES string of the molecule is CC(C)c1nn(-c2ccccc2)c([O-])c1C1=C([n+]2ccccc2)C(=O)N(c2ccc3c(c2)OCO3)C1=O. The molecule has 2 aromatic carbocycles. The highest BCUT2D eigenvalue weighted by Gasteiger charge is 2.48. The van der Waals surface area contributed by atoms with Crippen LogP contribution in [0.25, 0.3) is 17.0 Å². The van der Waals surface area contributed by atoms with E-state index in [0.717, 1.165) is 4.90 Å². The van der Waals surface area contributed by atoms with Crippen LogP contribution in [-0.2, 0) is 9.59 Å². The predicted molar refractivity (Wildman–Crippen MR) is 132 cm³/mol. The van der Waals surface area contributed by atoms with Crippen molar-refractivity contribution in [2.24, 2.45) is 0 Å². The number of rotatable bonds is 5. The average molecular weight is 495 g/mol. The van der Waals surface area contributed by atoms with Crippen molar-refractivity contribution in [3.63, 3.8) is 0 Å². The normalized spacial score (nSPS) is 14.8. The zero-order valence-corrected chi connectivity index (χ0v) is 20.1. The van der Waals surface area contributed by atoms with E-state index in [1.165, 1.54) is 4.68 Å². The summed E-state index contributed by atoms with van der Waals surface area (Å²) in [4.78, 5) is 29.0. The molecule has 0 saturated carbocycles. The van der Waals surface area contributed by atoms with E-state index in [-0.39, 0.29) is 29.5 Å². The second-order valence-corrected chi connectivity index (χ2v) is 8.96. The van der Waals surface area contributed by atoms with E-state index in [0.29, 0.717) is 28.6 Å². The van der Waals surface area contributed by atoms with Crippen LogP contribution >= 0.6 is 0 Å². The summed E-state index contributed by atoms with van der Waals surface area (Å²) in [6.45, 7) is 3.85. The topological polar surface area (TPSA) is 101 Å². The highest BCUT2D eigenvalue weighted by Crippen LogP contribution is 2.42. The Morgan fingerprint density at radius 3 is 2.32 bits per heavy atom. The maximum atomic E-state index is 14.1. The van der Waals surface area contributed by atoms with Crippen LogP contribution < -0.4 is 24.0 Å². The van der Waals surface area contributed by atoms with Crippen LogP contribution in [0.3, 0.4) is 0 Å². The third-order valence-corrected chi connectivity index (χ3v) is 6.32. The van der Waals surface area contributed by atoms with Gasteiger partial charge in [-0.25, -0.2) is 9.58 Å². The number of ether oxygens (including phenoxy) is 2. The quantitative estimate of drug-likeness (QED) is 0.312. The zero-order chi connectivity index (χ0) is 25.7. The van der Waals surface area contributed by atoms with Crippen LogP contribution in [0, 0.1) is 0 Å². The van der Waals surface area contributed by atoms with Crippen molar-refractivity contribution in [3.05, 3.63) is 90.4 Å². The molecule has 184 valence electrons. The molecule has 2 aliphatic rings. The van der Waals surface area contributed by atoms with Gasteiger partial charge in [-0.05, 0) is 36.1 Å². The Kier molecular flexibility index (Phi) is 5.26. The number of fused-ring (bicyclic) bond motifs is 1. The number of amides is 2. The van der Waals surface area contributed by atoms with Gasteiger partial charge in [0.05, 0.1) is 17.1 Å². The molecule has 0 fully saturated rings. The van der Waals surface area contributed by atoms with E-state index in [2.05, 4.69) is 5.10 Å². The van der Waals surface area contributed by atoms with Gasteiger partial charge in [0, 0.05) is 23.8 Å². The number of hydrogen-bond donors (Lipinski definition) is 0. The van der Waals surface area contributed by atoms with Gasteiger partial charge >= 0.3 is 5.91 Å². The summed E-state index contributed by atoms with van der Waals surface area (Å²) in [6, 6.07) is 19.2. The number of hydrogen-bond acceptors (Lipinski definition) is 6. The van der Waals surface area contributed by atoms with E-state index in [4.69, 9.17) is 9.47 Å². The minimum atomic E-state index is -0.609. The number of carbonyl (C=O) groups is 2. The van der Waals surface area contributed by atoms with Crippen LogP contribution in [0.4, 0.5) is 5.69 Å². The minimum Gasteiger partial charge on any atom is -0.858 e. The van der Waals surface area contributed by atoms with Crippen LogP contribution in [0.1, 0.15) is 31.0 Å². The molecule has 4 heterocycles. The molecule has 9 heteroatoms. The standard InChI is InChI=1S/C28H22N4O5/c1-17(2)24-22(27(34)32(29-24)18-9-5-3-6-10-18)23-25(30-13-7-4-8-14-30)28(35)31(26(23)33)19-11-12-20-21(15-19)37-16-36-20/h3-15,17H,16H2,1-2H3. The molecule has 2 aromatic heterocycles. The third kappa shape index (κ3) is 3.55. The Balaban J connectivity index is 1.58. The smallest absolute Gasteiger partial charge is 0.331 e. The molecule has 0 radical (unpaired) electrons. The van der Waals surface area contributed by atoms with Gasteiger partial charge in [0.25, 0.3) is 11.6 Å². The van der Waals surface area contributed by atoms with Gasteiger partial charge in [-0.3, -0.25) is 9.59 Å². The second-order valence-electron chi connectivity index (χ2n) is 8.96. The molecule has 0 bridgehead atoms. The lowest BCUT2D eigenvalue weighted by atomic mass is 9.98. The lowest BCUT2D eigenvalue weighted by molar-refractivity contribution is -0.576. The average Bonchev–Trinajstić information content (AvgIpc) is 3.58. The summed E-state index contributed by atoms with van der Waals surface area (Å²) >= 11 is 0. The fourth-order valence-corrected chi connectivity index (χ4v) is 4.59. The largest absolute Gasteiger partial charge is 0.858 e. The molecule has 0 aliphatic carbocycles. The maximum absolute atomic E-state index is 14.1. The molecule has 2 aliphatic heterocycles. The van der Waals surface area contributed by atoms with E-state index in [1.54, 1.807) is 77.6 Å². The number of anilines is 1. The molecule has 0 atom stereocenters. The van der Waals surface area contributed by atoms with E-state index < -0.39 is 17.7 Å². The number of pyridine rings is 1. The van der Waals surface area contributed by atoms with Crippen molar-refractivity contribution in [1.82, 2.24) is 9.78 Å². The molecule has 0 unspecified atom stereocenters. The zero-order valence-electron chi connectivity index (χ0n) is 20.1. The van der Waals surface area contributed by atoms with Gasteiger partial charge < -0.3 is 14.6 Å². The Morgan fingerprint density at radius 1 is 0.892 bits per heavy atom. The molecule has 2 amide bonds. The lowest BCUT2D eigenvalue weighted by Crippen LogP contribution is -2.39. The van der Waals surface area contributed by atoms with E-state index in [1.807, 2.05) is 19.9 Å². The number of benzene rings is 2. The Morgan fingerprint density at radius 2 is 1.59 bits per heavy atom. The first-order valence-corrected chi connectivity index (χ1v) is 11.8. The van der Waals surface area contributed by atoms with Crippen molar-refractivity contribution >= 4 is 28.8 Å². The first-order valence-electron chi connectivity index (χ1n) is 11.8. The monoisotopic (exact) mass is 494 g/mol. The Hall–Kier alpha value is -4.92. The second kappa shape index (κ2) is 8.63. The molecule has 37 heavy (non-hydrogen) atoms. The van der Waals surface area contributed by atoms with Crippen molar-refractivity contribution in [2.45, 2.75) is 19.8 Å². The number of para-hydroxylation sites is 1. The summed E-state index contributed by atoms with van der Waals surface area (Å²) in [6.07, 6.45) is 3.34. The molecule has 6 rings (SSSR count). The van der Waals surface area contributed by atoms with E-state index >= 15 is 0 Å². The first kappa shape index (κ1) is 22.5. The van der Waals surface area contributed by atoms with Gasteiger partial charge in [-0.15, -0.1) is 0 Å². The summed E-state index contributed by atoms with van der Waals surface area (Å²) in [5, 5.41) is 18.4. The fraction of sp³-hybridized carbons (Fsp3) is 0.143. The van der Waals surface area contributed by atoms with Crippen molar-refractivity contribution in [3.8, 4) is 23.1 Å². The van der Waals surface area contributed by atoms with Crippen molar-refractivity contribution in [1.29, 1.82) is 0 Å². The molecule has 0 spiro atoms. The highest BCUT2D eigenvalue weighted by atomic mass is 16.7. The molecule has 4 aromatic rings. The van der Waals surface area contributed by atoms with Gasteiger partial charge in [0.2, 0.25) is 6.79 Å². The summed E-state index contributed by atoms with van der Waals surface area (Å²) in [5.41, 5.74) is 1.53. The van der Waals surface area contributed by atoms with Crippen molar-refractivity contribution < 1.29 is 28.7 Å². The number of aromatic nitrogens is 3. The Bertz CT molecular complexity index is 1580. The van der Waals surface area contributed by atoms with Gasteiger partial charge in [0.1, 0.15) is 5.57 Å². The molecular formula is C28H22N4O5. The first-order chi connectivity index (χ1) is 18.0. The van der Waals surface area contributed by atoms with Crippen LogP contribution in [-0.4, -0.2) is 28.4 Å². The fourth-order valence-electron chi connectivity index (χ4n) is 4.59. The maximum Gasteiger partial charge on any atom is 0.331 e. The number of nitrogens with zero attached hydrogens (tertiary/aromatic N) is 4. The summed E-state index contributed by atoms with van der Waals surface area (Å²) in [5.74, 6) is -0.859. The minimum absolute atomic E-state index is 0.00903.